The molecule has 0 radical (unpaired) electrons. The molecule has 1 aliphatic carbocycles. The Labute approximate surface area is 79.7 Å². The first-order valence-electron chi connectivity index (χ1n) is 4.30. The van der Waals surface area contributed by atoms with E-state index in [0.717, 1.165) is 0 Å². The van der Waals surface area contributed by atoms with Crippen LogP contribution in [-0.2, 0) is 0 Å². The van der Waals surface area contributed by atoms with Crippen LogP contribution in [0.3, 0.4) is 0 Å². The number of hydrogen-bond donors (Lipinski definition) is 1. The van der Waals surface area contributed by atoms with Crippen molar-refractivity contribution in [2.75, 3.05) is 0 Å². The molecule has 2 N–H and O–H groups in total. The van der Waals surface area contributed by atoms with Crippen LogP contribution in [0.15, 0.2) is 18.2 Å². The van der Waals surface area contributed by atoms with Gasteiger partial charge in [0.05, 0.1) is 0 Å². The number of ketones is 1. The molecular weight excluding hydrogens is 188 g/mol. The molecule has 0 saturated heterocycles. The first-order valence-corrected chi connectivity index (χ1v) is 4.30. The first kappa shape index (κ1) is 9.27. The number of hydrogen-bond acceptors (Lipinski definition) is 2. The second-order valence-corrected chi connectivity index (χ2v) is 3.38. The van der Waals surface area contributed by atoms with Gasteiger partial charge in [0.1, 0.15) is 0 Å². The topological polar surface area (TPSA) is 43.1 Å². The summed E-state index contributed by atoms with van der Waals surface area (Å²) in [5, 5.41) is 0. The third-order valence-corrected chi connectivity index (χ3v) is 2.43. The molecule has 2 nitrogen and oxygen atoms in total. The van der Waals surface area contributed by atoms with Crippen molar-refractivity contribution in [3.8, 4) is 0 Å². The predicted octanol–water partition coefficient (Wildman–Crippen LogP) is 2.21. The monoisotopic (exact) mass is 197 g/mol. The van der Waals surface area contributed by atoms with E-state index in [1.807, 2.05) is 0 Å². The van der Waals surface area contributed by atoms with Crippen LogP contribution < -0.4 is 5.73 Å². The molecule has 0 amide bonds. The van der Waals surface area contributed by atoms with Crippen LogP contribution >= 0.6 is 0 Å². The van der Waals surface area contributed by atoms with E-state index in [-0.39, 0.29) is 17.8 Å². The Morgan fingerprint density at radius 1 is 1.43 bits per heavy atom. The van der Waals surface area contributed by atoms with Crippen molar-refractivity contribution < 1.29 is 13.6 Å². The van der Waals surface area contributed by atoms with E-state index < -0.39 is 12.5 Å². The van der Waals surface area contributed by atoms with Crippen molar-refractivity contribution in [1.29, 1.82) is 0 Å². The fourth-order valence-electron chi connectivity index (χ4n) is 1.70. The van der Waals surface area contributed by atoms with E-state index in [1.54, 1.807) is 0 Å². The van der Waals surface area contributed by atoms with Gasteiger partial charge in [-0.1, -0.05) is 12.1 Å². The molecule has 4 heteroatoms. The highest BCUT2D eigenvalue weighted by atomic mass is 19.3. The Morgan fingerprint density at radius 3 is 2.79 bits per heavy atom. The number of benzene rings is 1. The lowest BCUT2D eigenvalue weighted by molar-refractivity contribution is 0.0989. The SMILES string of the molecule is N[C@@H]1CC(=O)c2ccc(C(F)F)cc21. The summed E-state index contributed by atoms with van der Waals surface area (Å²) >= 11 is 0. The van der Waals surface area contributed by atoms with E-state index >= 15 is 0 Å². The van der Waals surface area contributed by atoms with Crippen molar-refractivity contribution in [2.24, 2.45) is 5.73 Å². The summed E-state index contributed by atoms with van der Waals surface area (Å²) in [6.07, 6.45) is -2.29. The second-order valence-electron chi connectivity index (χ2n) is 3.38. The lowest BCUT2D eigenvalue weighted by Crippen LogP contribution is -2.06. The summed E-state index contributed by atoms with van der Waals surface area (Å²) in [5.74, 6) is -0.0617. The maximum Gasteiger partial charge on any atom is 0.263 e. The highest BCUT2D eigenvalue weighted by Gasteiger charge is 2.27. The Morgan fingerprint density at radius 2 is 2.14 bits per heavy atom. The molecule has 0 aromatic heterocycles. The number of nitrogens with two attached hydrogens (primary N) is 1. The molecule has 0 heterocycles. The van der Waals surface area contributed by atoms with Gasteiger partial charge >= 0.3 is 0 Å². The van der Waals surface area contributed by atoms with E-state index in [9.17, 15) is 13.6 Å². The predicted molar refractivity (Wildman–Crippen MR) is 47.3 cm³/mol. The van der Waals surface area contributed by atoms with Crippen LogP contribution in [0.5, 0.6) is 0 Å². The maximum absolute atomic E-state index is 12.3. The van der Waals surface area contributed by atoms with Crippen molar-refractivity contribution in [2.45, 2.75) is 18.9 Å². The maximum atomic E-state index is 12.3. The van der Waals surface area contributed by atoms with E-state index in [1.165, 1.54) is 18.2 Å². The summed E-state index contributed by atoms with van der Waals surface area (Å²) in [6, 6.07) is 3.62. The van der Waals surface area contributed by atoms with Crippen LogP contribution in [0, 0.1) is 0 Å². The third kappa shape index (κ3) is 1.32. The molecule has 2 rings (SSSR count). The molecule has 0 spiro atoms. The van der Waals surface area contributed by atoms with Crippen molar-refractivity contribution in [3.63, 3.8) is 0 Å². The number of alkyl halides is 2. The first-order chi connectivity index (χ1) is 6.59. The molecule has 1 atom stereocenters. The summed E-state index contributed by atoms with van der Waals surface area (Å²) in [5.41, 5.74) is 6.60. The van der Waals surface area contributed by atoms with Crippen LogP contribution in [0.25, 0.3) is 0 Å². The number of Topliss-reactive ketones (excluding diaryl/α,β-unsaturated/α-hetero) is 1. The number of rotatable bonds is 1. The molecule has 1 aliphatic rings. The van der Waals surface area contributed by atoms with Gasteiger partial charge in [0.2, 0.25) is 0 Å². The lowest BCUT2D eigenvalue weighted by atomic mass is 10.0. The average molecular weight is 197 g/mol. The summed E-state index contributed by atoms with van der Waals surface area (Å²) in [4.78, 5) is 11.3. The molecular formula is C10H9F2NO. The van der Waals surface area contributed by atoms with Gasteiger partial charge in [-0.05, 0) is 11.6 Å². The largest absolute Gasteiger partial charge is 0.324 e. The Hall–Kier alpha value is -1.29. The fraction of sp³-hybridized carbons (Fsp3) is 0.300. The van der Waals surface area contributed by atoms with Gasteiger partial charge in [-0.3, -0.25) is 4.79 Å². The second kappa shape index (κ2) is 3.13. The van der Waals surface area contributed by atoms with E-state index in [0.29, 0.717) is 11.1 Å². The van der Waals surface area contributed by atoms with Crippen LogP contribution in [0.2, 0.25) is 0 Å². The van der Waals surface area contributed by atoms with Crippen molar-refractivity contribution in [3.05, 3.63) is 34.9 Å². The third-order valence-electron chi connectivity index (χ3n) is 2.43. The van der Waals surface area contributed by atoms with Gasteiger partial charge in [-0.15, -0.1) is 0 Å². The van der Waals surface area contributed by atoms with Crippen molar-refractivity contribution >= 4 is 5.78 Å². The number of carbonyl (C=O) groups excluding carboxylic acids is 1. The summed E-state index contributed by atoms with van der Waals surface area (Å²) in [6.45, 7) is 0. The van der Waals surface area contributed by atoms with Gasteiger partial charge in [-0.25, -0.2) is 8.78 Å². The molecule has 1 aromatic rings. The lowest BCUT2D eigenvalue weighted by Gasteiger charge is -2.05. The van der Waals surface area contributed by atoms with Crippen LogP contribution in [-0.4, -0.2) is 5.78 Å². The van der Waals surface area contributed by atoms with Gasteiger partial charge in [0, 0.05) is 23.6 Å². The molecule has 74 valence electrons. The van der Waals surface area contributed by atoms with Gasteiger partial charge in [0.15, 0.2) is 5.78 Å². The summed E-state index contributed by atoms with van der Waals surface area (Å²) in [7, 11) is 0. The van der Waals surface area contributed by atoms with Crippen molar-refractivity contribution in [1.82, 2.24) is 0 Å². The highest BCUT2D eigenvalue weighted by molar-refractivity contribution is 6.01. The highest BCUT2D eigenvalue weighted by Crippen LogP contribution is 2.32. The zero-order valence-corrected chi connectivity index (χ0v) is 7.34. The van der Waals surface area contributed by atoms with Gasteiger partial charge in [0.25, 0.3) is 6.43 Å². The van der Waals surface area contributed by atoms with E-state index in [4.69, 9.17) is 5.73 Å². The van der Waals surface area contributed by atoms with Crippen LogP contribution in [0.1, 0.15) is 40.4 Å². The van der Waals surface area contributed by atoms with Crippen LogP contribution in [0.4, 0.5) is 8.78 Å². The molecule has 1 aromatic carbocycles. The Balaban J connectivity index is 2.50. The van der Waals surface area contributed by atoms with Gasteiger partial charge in [-0.2, -0.15) is 0 Å². The normalized spacial score (nSPS) is 20.3. The molecule has 0 bridgehead atoms. The molecule has 0 saturated carbocycles. The Bertz CT molecular complexity index is 390. The Kier molecular flexibility index (Phi) is 2.07. The summed E-state index contributed by atoms with van der Waals surface area (Å²) < 4.78 is 24.7. The standard InChI is InChI=1S/C10H9F2NO/c11-10(12)5-1-2-6-7(3-5)8(13)4-9(6)14/h1-3,8,10H,4,13H2/t8-/m1/s1. The zero-order chi connectivity index (χ0) is 10.3. The smallest absolute Gasteiger partial charge is 0.263 e. The minimum Gasteiger partial charge on any atom is -0.324 e. The quantitative estimate of drug-likeness (QED) is 0.750. The zero-order valence-electron chi connectivity index (χ0n) is 7.34. The minimum atomic E-state index is -2.51. The molecule has 14 heavy (non-hydrogen) atoms. The molecule has 0 fully saturated rings. The molecule has 0 aliphatic heterocycles. The average Bonchev–Trinajstić information content (AvgIpc) is 2.42. The van der Waals surface area contributed by atoms with Gasteiger partial charge < -0.3 is 5.73 Å². The fourth-order valence-corrected chi connectivity index (χ4v) is 1.70. The number of carbonyl (C=O) groups is 1. The number of halogens is 2. The number of fused-ring (bicyclic) bond motifs is 1. The molecule has 0 unspecified atom stereocenters. The minimum absolute atomic E-state index is 0.0617. The van der Waals surface area contributed by atoms with E-state index in [2.05, 4.69) is 0 Å².